The molecular formula is C13H19N3S2. The largest absolute Gasteiger partial charge is 0.314 e. The summed E-state index contributed by atoms with van der Waals surface area (Å²) >= 11 is 3.54. The zero-order valence-corrected chi connectivity index (χ0v) is 12.6. The normalized spacial score (nSPS) is 13.1. The monoisotopic (exact) mass is 281 g/mol. The first-order valence-corrected chi connectivity index (χ1v) is 7.78. The Balaban J connectivity index is 1.95. The number of thiophene rings is 1. The predicted octanol–water partition coefficient (Wildman–Crippen LogP) is 3.12. The van der Waals surface area contributed by atoms with E-state index in [9.17, 15) is 0 Å². The molecule has 2 aromatic heterocycles. The third-order valence-corrected chi connectivity index (χ3v) is 4.90. The maximum absolute atomic E-state index is 4.62. The average Bonchev–Trinajstić information content (AvgIpc) is 3.00. The molecule has 2 aromatic rings. The van der Waals surface area contributed by atoms with Crippen LogP contribution in [0.2, 0.25) is 0 Å². The minimum absolute atomic E-state index is 0.444. The second-order valence-electron chi connectivity index (χ2n) is 4.37. The van der Waals surface area contributed by atoms with Gasteiger partial charge in [-0.15, -0.1) is 22.7 Å². The lowest BCUT2D eigenvalue weighted by molar-refractivity contribution is 0.254. The number of hydrogen-bond acceptors (Lipinski definition) is 5. The van der Waals surface area contributed by atoms with Gasteiger partial charge in [0.15, 0.2) is 0 Å². The van der Waals surface area contributed by atoms with Crippen LogP contribution in [-0.4, -0.2) is 24.0 Å². The first-order valence-electron chi connectivity index (χ1n) is 6.02. The topological polar surface area (TPSA) is 28.2 Å². The molecule has 0 amide bonds. The molecule has 18 heavy (non-hydrogen) atoms. The lowest BCUT2D eigenvalue weighted by atomic mass is 10.2. The van der Waals surface area contributed by atoms with Gasteiger partial charge in [-0.05, 0) is 32.5 Å². The second-order valence-corrected chi connectivity index (χ2v) is 6.29. The fraction of sp³-hybridized carbons (Fsp3) is 0.462. The van der Waals surface area contributed by atoms with Crippen LogP contribution in [0.4, 0.5) is 0 Å². The van der Waals surface area contributed by atoms with E-state index in [4.69, 9.17) is 0 Å². The molecule has 1 atom stereocenters. The van der Waals surface area contributed by atoms with E-state index in [2.05, 4.69) is 52.1 Å². The first-order chi connectivity index (χ1) is 8.70. The van der Waals surface area contributed by atoms with Crippen LogP contribution < -0.4 is 5.32 Å². The van der Waals surface area contributed by atoms with Crippen LogP contribution >= 0.6 is 22.7 Å². The fourth-order valence-electron chi connectivity index (χ4n) is 1.79. The van der Waals surface area contributed by atoms with Gasteiger partial charge >= 0.3 is 0 Å². The first kappa shape index (κ1) is 13.7. The molecule has 98 valence electrons. The Bertz CT molecular complexity index is 464. The van der Waals surface area contributed by atoms with Crippen molar-refractivity contribution in [2.24, 2.45) is 0 Å². The van der Waals surface area contributed by atoms with E-state index in [-0.39, 0.29) is 0 Å². The second kappa shape index (κ2) is 6.43. The lowest BCUT2D eigenvalue weighted by Gasteiger charge is -2.22. The number of hydrogen-bond donors (Lipinski definition) is 1. The maximum Gasteiger partial charge on any atom is 0.107 e. The van der Waals surface area contributed by atoms with Crippen molar-refractivity contribution >= 4 is 22.7 Å². The van der Waals surface area contributed by atoms with Gasteiger partial charge in [0.1, 0.15) is 5.01 Å². The molecule has 0 bridgehead atoms. The Morgan fingerprint density at radius 3 is 2.94 bits per heavy atom. The summed E-state index contributed by atoms with van der Waals surface area (Å²) in [5.41, 5.74) is 1.16. The predicted molar refractivity (Wildman–Crippen MR) is 79.1 cm³/mol. The molecule has 0 aliphatic rings. The number of nitrogens with one attached hydrogen (secondary N) is 1. The van der Waals surface area contributed by atoms with Gasteiger partial charge in [0.2, 0.25) is 0 Å². The minimum Gasteiger partial charge on any atom is -0.314 e. The molecule has 0 radical (unpaired) electrons. The molecule has 0 fully saturated rings. The standard InChI is InChI=1S/C13H19N3S2/c1-10(12-5-4-6-17-12)16(3)8-11-9-18-13(15-11)7-14-2/h4-6,9-10,14H,7-8H2,1-3H3. The SMILES string of the molecule is CNCc1nc(CN(C)C(C)c2cccs2)cs1. The van der Waals surface area contributed by atoms with Gasteiger partial charge in [0.25, 0.3) is 0 Å². The van der Waals surface area contributed by atoms with Gasteiger partial charge in [-0.2, -0.15) is 0 Å². The van der Waals surface area contributed by atoms with Gasteiger partial charge in [0, 0.05) is 29.4 Å². The third kappa shape index (κ3) is 3.38. The van der Waals surface area contributed by atoms with E-state index < -0.39 is 0 Å². The molecule has 1 N–H and O–H groups in total. The Morgan fingerprint density at radius 1 is 1.44 bits per heavy atom. The summed E-state index contributed by atoms with van der Waals surface area (Å²) in [5.74, 6) is 0. The number of thiazole rings is 1. The minimum atomic E-state index is 0.444. The van der Waals surface area contributed by atoms with Gasteiger partial charge in [0.05, 0.1) is 5.69 Å². The summed E-state index contributed by atoms with van der Waals surface area (Å²) in [7, 11) is 4.10. The highest BCUT2D eigenvalue weighted by Gasteiger charge is 2.14. The Kier molecular flexibility index (Phi) is 4.88. The van der Waals surface area contributed by atoms with Crippen LogP contribution in [0.15, 0.2) is 22.9 Å². The van der Waals surface area contributed by atoms with E-state index in [0.29, 0.717) is 6.04 Å². The van der Waals surface area contributed by atoms with Gasteiger partial charge in [-0.1, -0.05) is 6.07 Å². The maximum atomic E-state index is 4.62. The van der Waals surface area contributed by atoms with Crippen molar-refractivity contribution in [2.75, 3.05) is 14.1 Å². The molecule has 0 aliphatic heterocycles. The van der Waals surface area contributed by atoms with Crippen LogP contribution in [0.25, 0.3) is 0 Å². The summed E-state index contributed by atoms with van der Waals surface area (Å²) < 4.78 is 0. The van der Waals surface area contributed by atoms with Crippen molar-refractivity contribution in [1.29, 1.82) is 0 Å². The number of rotatable bonds is 6. The van der Waals surface area contributed by atoms with Crippen LogP contribution in [0.3, 0.4) is 0 Å². The molecule has 3 nitrogen and oxygen atoms in total. The Morgan fingerprint density at radius 2 is 2.28 bits per heavy atom. The van der Waals surface area contributed by atoms with Crippen molar-refractivity contribution in [3.63, 3.8) is 0 Å². The molecule has 2 rings (SSSR count). The van der Waals surface area contributed by atoms with Crippen molar-refractivity contribution in [3.05, 3.63) is 38.5 Å². The molecule has 0 saturated carbocycles. The summed E-state index contributed by atoms with van der Waals surface area (Å²) in [6.07, 6.45) is 0. The summed E-state index contributed by atoms with van der Waals surface area (Å²) in [5, 5.41) is 8.58. The molecule has 5 heteroatoms. The lowest BCUT2D eigenvalue weighted by Crippen LogP contribution is -2.21. The van der Waals surface area contributed by atoms with Crippen molar-refractivity contribution in [1.82, 2.24) is 15.2 Å². The van der Waals surface area contributed by atoms with Crippen LogP contribution in [0.5, 0.6) is 0 Å². The molecule has 0 saturated heterocycles. The van der Waals surface area contributed by atoms with Gasteiger partial charge in [-0.3, -0.25) is 4.90 Å². The summed E-state index contributed by atoms with van der Waals surface area (Å²) in [6.45, 7) is 4.00. The Labute approximate surface area is 116 Å². The quantitative estimate of drug-likeness (QED) is 0.882. The molecule has 0 aromatic carbocycles. The van der Waals surface area contributed by atoms with E-state index in [1.54, 1.807) is 11.3 Å². The van der Waals surface area contributed by atoms with Crippen molar-refractivity contribution in [3.8, 4) is 0 Å². The van der Waals surface area contributed by atoms with E-state index in [1.807, 2.05) is 18.4 Å². The van der Waals surface area contributed by atoms with Gasteiger partial charge in [-0.25, -0.2) is 4.98 Å². The fourth-order valence-corrected chi connectivity index (χ4v) is 3.44. The highest BCUT2D eigenvalue weighted by molar-refractivity contribution is 7.10. The zero-order chi connectivity index (χ0) is 13.0. The van der Waals surface area contributed by atoms with Crippen molar-refractivity contribution in [2.45, 2.75) is 26.1 Å². The summed E-state index contributed by atoms with van der Waals surface area (Å²) in [6, 6.07) is 4.75. The third-order valence-electron chi connectivity index (χ3n) is 2.95. The van der Waals surface area contributed by atoms with Gasteiger partial charge < -0.3 is 5.32 Å². The molecular weight excluding hydrogens is 262 g/mol. The van der Waals surface area contributed by atoms with Crippen LogP contribution in [0, 0.1) is 0 Å². The van der Waals surface area contributed by atoms with E-state index in [1.165, 1.54) is 4.88 Å². The molecule has 2 heterocycles. The Hall–Kier alpha value is -0.750. The highest BCUT2D eigenvalue weighted by atomic mass is 32.1. The highest BCUT2D eigenvalue weighted by Crippen LogP contribution is 2.24. The van der Waals surface area contributed by atoms with Crippen LogP contribution in [0.1, 0.15) is 28.5 Å². The van der Waals surface area contributed by atoms with Crippen molar-refractivity contribution < 1.29 is 0 Å². The summed E-state index contributed by atoms with van der Waals surface area (Å²) in [4.78, 5) is 8.36. The average molecular weight is 281 g/mol. The van der Waals surface area contributed by atoms with Crippen LogP contribution in [-0.2, 0) is 13.1 Å². The zero-order valence-electron chi connectivity index (χ0n) is 11.0. The smallest absolute Gasteiger partial charge is 0.107 e. The molecule has 1 unspecified atom stereocenters. The number of aromatic nitrogens is 1. The van der Waals surface area contributed by atoms with E-state index in [0.717, 1.165) is 23.8 Å². The van der Waals surface area contributed by atoms with E-state index >= 15 is 0 Å². The molecule has 0 aliphatic carbocycles. The molecule has 0 spiro atoms. The number of nitrogens with zero attached hydrogens (tertiary/aromatic N) is 2.